The Kier molecular flexibility index (Phi) is 16.5. The molecule has 0 amide bonds. The van der Waals surface area contributed by atoms with Crippen LogP contribution in [-0.4, -0.2) is 31.5 Å². The molecule has 0 aliphatic carbocycles. The maximum absolute atomic E-state index is 12.2. The highest BCUT2D eigenvalue weighted by atomic mass is 35.5. The topological polar surface area (TPSA) is 64.4 Å². The van der Waals surface area contributed by atoms with Crippen LogP contribution >= 0.6 is 11.6 Å². The summed E-state index contributed by atoms with van der Waals surface area (Å²) >= 11 is 5.64. The van der Waals surface area contributed by atoms with Crippen molar-refractivity contribution in [2.45, 2.75) is 79.8 Å². The fourth-order valence-corrected chi connectivity index (χ4v) is 4.05. The Morgan fingerprint density at radius 3 is 2.12 bits per heavy atom. The lowest BCUT2D eigenvalue weighted by atomic mass is 10.1. The first-order chi connectivity index (χ1) is 19.1. The van der Waals surface area contributed by atoms with Gasteiger partial charge < -0.3 is 19.6 Å². The van der Waals surface area contributed by atoms with E-state index in [4.69, 9.17) is 26.5 Å². The number of hydrogen-bond donors (Lipinski definition) is 1. The summed E-state index contributed by atoms with van der Waals surface area (Å²) in [5, 5.41) is 7.84. The van der Waals surface area contributed by atoms with E-state index in [1.807, 2.05) is 45.0 Å². The van der Waals surface area contributed by atoms with Gasteiger partial charge in [0.05, 0.1) is 14.2 Å². The summed E-state index contributed by atoms with van der Waals surface area (Å²) in [4.78, 5) is 3.89. The van der Waals surface area contributed by atoms with Crippen LogP contribution in [0.2, 0.25) is 5.15 Å². The molecule has 40 heavy (non-hydrogen) atoms. The quantitative estimate of drug-likeness (QED) is 0.182. The van der Waals surface area contributed by atoms with Crippen LogP contribution in [-0.2, 0) is 19.3 Å². The van der Waals surface area contributed by atoms with Crippen molar-refractivity contribution in [3.63, 3.8) is 0 Å². The summed E-state index contributed by atoms with van der Waals surface area (Å²) in [5.41, 5.74) is 5.51. The van der Waals surface area contributed by atoms with Crippen LogP contribution in [0.25, 0.3) is 0 Å². The number of rotatable bonds is 11. The van der Waals surface area contributed by atoms with E-state index in [1.165, 1.54) is 18.4 Å². The number of nitrogens with one attached hydrogen (secondary N) is 1. The number of aromatic nitrogens is 1. The number of halogens is 3. The van der Waals surface area contributed by atoms with Crippen molar-refractivity contribution in [2.75, 3.05) is 14.2 Å². The third-order valence-corrected chi connectivity index (χ3v) is 6.26. The Hall–Kier alpha value is -3.19. The van der Waals surface area contributed by atoms with Gasteiger partial charge in [-0.15, -0.1) is 0 Å². The molecule has 1 aromatic heterocycles. The van der Waals surface area contributed by atoms with E-state index in [0.29, 0.717) is 16.6 Å². The van der Waals surface area contributed by atoms with Crippen LogP contribution in [0.3, 0.4) is 0 Å². The minimum atomic E-state index is -2.74. The minimum Gasteiger partial charge on any atom is -0.497 e. The van der Waals surface area contributed by atoms with Crippen molar-refractivity contribution in [3.8, 4) is 17.2 Å². The van der Waals surface area contributed by atoms with E-state index >= 15 is 0 Å². The lowest BCUT2D eigenvalue weighted by molar-refractivity contribution is -0.0504. The number of ether oxygens (including phenoxy) is 3. The second-order valence-corrected chi connectivity index (χ2v) is 9.54. The molecule has 0 saturated carbocycles. The summed E-state index contributed by atoms with van der Waals surface area (Å²) in [6.07, 6.45) is 7.62. The van der Waals surface area contributed by atoms with Crippen LogP contribution in [0.1, 0.15) is 74.8 Å². The Bertz CT molecular complexity index is 1190. The van der Waals surface area contributed by atoms with Crippen LogP contribution in [0.15, 0.2) is 48.7 Å². The van der Waals surface area contributed by atoms with E-state index in [1.54, 1.807) is 39.5 Å². The van der Waals surface area contributed by atoms with Crippen molar-refractivity contribution in [3.05, 3.63) is 81.6 Å². The standard InChI is InChI=1S/C12H16F2O.C12H18O2.C8H9ClN2/c1-3-5-10-7-6-9(4-2)8-11(10)15-12(13)14;1-4-5-6-10-7-8-11(13-2)9-12(10)14-3;1-5-3-8(9)11-4-7(5)6(2)10/h6-8,12H,3-5H2,1-2H3;7-9H,4-6H2,1-3H3;3-4,10H,1-2H3. The molecule has 5 nitrogen and oxygen atoms in total. The molecule has 0 fully saturated rings. The SMILES string of the molecule is CC(=N)c1cnc(Cl)cc1C.CCCCc1ccc(OC)cc1OC.CCCc1ccc(CC)cc1OC(F)F. The summed E-state index contributed by atoms with van der Waals surface area (Å²) < 4.78 is 39.3. The van der Waals surface area contributed by atoms with Gasteiger partial charge in [0.25, 0.3) is 0 Å². The molecular formula is C32H43ClF2N2O3. The van der Waals surface area contributed by atoms with Gasteiger partial charge in [0, 0.05) is 23.5 Å². The zero-order valence-corrected chi connectivity index (χ0v) is 25.5. The normalized spacial score (nSPS) is 10.2. The van der Waals surface area contributed by atoms with Gasteiger partial charge >= 0.3 is 6.61 Å². The van der Waals surface area contributed by atoms with Gasteiger partial charge in [0.1, 0.15) is 22.4 Å². The smallest absolute Gasteiger partial charge is 0.387 e. The van der Waals surface area contributed by atoms with E-state index < -0.39 is 6.61 Å². The molecular weight excluding hydrogens is 534 g/mol. The van der Waals surface area contributed by atoms with Crippen LogP contribution in [0, 0.1) is 12.3 Å². The molecule has 3 aromatic rings. The average Bonchev–Trinajstić information content (AvgIpc) is 2.93. The number of hydrogen-bond acceptors (Lipinski definition) is 5. The highest BCUT2D eigenvalue weighted by Crippen LogP contribution is 2.26. The molecule has 0 radical (unpaired) electrons. The van der Waals surface area contributed by atoms with E-state index in [0.717, 1.165) is 59.4 Å². The maximum Gasteiger partial charge on any atom is 0.387 e. The van der Waals surface area contributed by atoms with Gasteiger partial charge in [-0.3, -0.25) is 0 Å². The third-order valence-electron chi connectivity index (χ3n) is 6.05. The number of benzene rings is 2. The predicted molar refractivity (Wildman–Crippen MR) is 161 cm³/mol. The number of alkyl halides is 2. The average molecular weight is 577 g/mol. The number of pyridine rings is 1. The van der Waals surface area contributed by atoms with Gasteiger partial charge in [-0.2, -0.15) is 8.78 Å². The molecule has 0 spiro atoms. The predicted octanol–water partition coefficient (Wildman–Crippen LogP) is 9.28. The fourth-order valence-electron chi connectivity index (χ4n) is 3.84. The minimum absolute atomic E-state index is 0.325. The molecule has 220 valence electrons. The largest absolute Gasteiger partial charge is 0.497 e. The zero-order valence-electron chi connectivity index (χ0n) is 24.7. The van der Waals surface area contributed by atoms with Gasteiger partial charge in [-0.1, -0.05) is 63.4 Å². The highest BCUT2D eigenvalue weighted by Gasteiger charge is 2.09. The molecule has 2 aromatic carbocycles. The van der Waals surface area contributed by atoms with E-state index in [-0.39, 0.29) is 0 Å². The molecule has 8 heteroatoms. The Balaban J connectivity index is 0.000000304. The van der Waals surface area contributed by atoms with Gasteiger partial charge in [0.15, 0.2) is 0 Å². The fraction of sp³-hybridized carbons (Fsp3) is 0.438. The molecule has 3 rings (SSSR count). The molecule has 0 unspecified atom stereocenters. The second kappa shape index (κ2) is 19.0. The third kappa shape index (κ3) is 12.3. The number of nitrogens with zero attached hydrogens (tertiary/aromatic N) is 1. The lowest BCUT2D eigenvalue weighted by Gasteiger charge is -2.11. The van der Waals surface area contributed by atoms with E-state index in [9.17, 15) is 8.78 Å². The van der Waals surface area contributed by atoms with Crippen LogP contribution in [0.4, 0.5) is 8.78 Å². The number of aryl methyl sites for hydroxylation is 4. The van der Waals surface area contributed by atoms with E-state index in [2.05, 4.69) is 22.7 Å². The van der Waals surface area contributed by atoms with Crippen LogP contribution in [0.5, 0.6) is 17.2 Å². The Morgan fingerprint density at radius 2 is 1.60 bits per heavy atom. The summed E-state index contributed by atoms with van der Waals surface area (Å²) in [5.74, 6) is 2.10. The second-order valence-electron chi connectivity index (χ2n) is 9.15. The van der Waals surface area contributed by atoms with Crippen LogP contribution < -0.4 is 14.2 Å². The van der Waals surface area contributed by atoms with Crippen molar-refractivity contribution in [2.24, 2.45) is 0 Å². The Morgan fingerprint density at radius 1 is 0.925 bits per heavy atom. The summed E-state index contributed by atoms with van der Waals surface area (Å²) in [7, 11) is 3.37. The lowest BCUT2D eigenvalue weighted by Crippen LogP contribution is -2.05. The molecule has 0 bridgehead atoms. The first-order valence-electron chi connectivity index (χ1n) is 13.5. The van der Waals surface area contributed by atoms with Gasteiger partial charge in [-0.05, 0) is 80.0 Å². The van der Waals surface area contributed by atoms with Gasteiger partial charge in [0.2, 0.25) is 0 Å². The number of unbranched alkanes of at least 4 members (excludes halogenated alkanes) is 1. The molecule has 1 N–H and O–H groups in total. The first kappa shape index (κ1) is 34.8. The maximum atomic E-state index is 12.2. The molecule has 0 aliphatic rings. The molecule has 0 aliphatic heterocycles. The summed E-state index contributed by atoms with van der Waals surface area (Å²) in [6.45, 7) is 7.10. The van der Waals surface area contributed by atoms with Crippen molar-refractivity contribution in [1.29, 1.82) is 5.41 Å². The molecule has 0 saturated heterocycles. The zero-order chi connectivity index (χ0) is 30.1. The van der Waals surface area contributed by atoms with Crippen molar-refractivity contribution in [1.82, 2.24) is 4.98 Å². The number of methoxy groups -OCH3 is 2. The summed E-state index contributed by atoms with van der Waals surface area (Å²) in [6, 6.07) is 13.3. The van der Waals surface area contributed by atoms with Crippen molar-refractivity contribution >= 4 is 17.3 Å². The first-order valence-corrected chi connectivity index (χ1v) is 13.9. The van der Waals surface area contributed by atoms with Crippen molar-refractivity contribution < 1.29 is 23.0 Å². The molecule has 0 atom stereocenters. The molecule has 1 heterocycles. The highest BCUT2D eigenvalue weighted by molar-refractivity contribution is 6.29. The monoisotopic (exact) mass is 576 g/mol. The van der Waals surface area contributed by atoms with Gasteiger partial charge in [-0.25, -0.2) is 4.98 Å². The Labute approximate surface area is 243 Å².